The molecule has 2 aromatic rings. The molecular weight excluding hydrogens is 711 g/mol. The normalized spacial score (nSPS) is 18.9. The van der Waals surface area contributed by atoms with E-state index in [0.29, 0.717) is 31.4 Å². The van der Waals surface area contributed by atoms with Crippen molar-refractivity contribution in [2.45, 2.75) is 101 Å². The lowest BCUT2D eigenvalue weighted by atomic mass is 10.0. The van der Waals surface area contributed by atoms with Crippen LogP contribution in [0.25, 0.3) is 0 Å². The Labute approximate surface area is 320 Å². The van der Waals surface area contributed by atoms with Crippen molar-refractivity contribution < 1.29 is 33.6 Å². The SMILES string of the molecule is CSCCC(NC(=O)C(CC(C)C)NC(=O)C1CCCN1C(=O)C(Cc1ccccc1)NC(=O)C(Cc1ccccc1)NC(=O)C1CCC(=O)N1)C(N)=O. The van der Waals surface area contributed by atoms with Gasteiger partial charge in [0.05, 0.1) is 0 Å². The van der Waals surface area contributed by atoms with E-state index in [0.717, 1.165) is 11.1 Å². The van der Waals surface area contributed by atoms with E-state index in [1.54, 1.807) is 0 Å². The van der Waals surface area contributed by atoms with Crippen LogP contribution < -0.4 is 32.3 Å². The van der Waals surface area contributed by atoms with Gasteiger partial charge in [-0.1, -0.05) is 74.5 Å². The van der Waals surface area contributed by atoms with E-state index >= 15 is 0 Å². The molecule has 2 aliphatic rings. The standard InChI is InChI=1S/C39H53N7O7S/c1-24(2)21-29(36(50)42-27(34(40)48)18-20-54-3)44-38(52)32-15-10-19-46(32)39(53)31(23-26-13-8-5-9-14-26)45-37(51)30(22-25-11-6-4-7-12-25)43-35(49)28-16-17-33(47)41-28/h4-9,11-14,24,27-32H,10,15-23H2,1-3H3,(H2,40,48)(H,41,47)(H,42,50)(H,43,49)(H,44,52)(H,45,51). The van der Waals surface area contributed by atoms with Gasteiger partial charge in [-0.3, -0.25) is 33.6 Å². The lowest BCUT2D eigenvalue weighted by Gasteiger charge is -2.31. The van der Waals surface area contributed by atoms with E-state index in [1.807, 2.05) is 80.8 Å². The van der Waals surface area contributed by atoms with Gasteiger partial charge in [-0.05, 0) is 61.2 Å². The molecular formula is C39H53N7O7S. The molecule has 15 heteroatoms. The zero-order chi connectivity index (χ0) is 39.2. The van der Waals surface area contributed by atoms with Gasteiger partial charge in [0.15, 0.2) is 0 Å². The van der Waals surface area contributed by atoms with Crippen LogP contribution >= 0.6 is 11.8 Å². The van der Waals surface area contributed by atoms with Crippen molar-refractivity contribution in [2.24, 2.45) is 11.7 Å². The molecule has 0 bridgehead atoms. The van der Waals surface area contributed by atoms with Gasteiger partial charge in [0.1, 0.15) is 36.3 Å². The van der Waals surface area contributed by atoms with Crippen LogP contribution in [-0.4, -0.2) is 101 Å². The molecule has 6 atom stereocenters. The molecule has 2 aliphatic heterocycles. The third kappa shape index (κ3) is 12.3. The van der Waals surface area contributed by atoms with Gasteiger partial charge in [0.2, 0.25) is 41.4 Å². The minimum absolute atomic E-state index is 0.0142. The van der Waals surface area contributed by atoms with Crippen LogP contribution in [0, 0.1) is 5.92 Å². The summed E-state index contributed by atoms with van der Waals surface area (Å²) in [5.41, 5.74) is 7.10. The Morgan fingerprint density at radius 1 is 0.796 bits per heavy atom. The van der Waals surface area contributed by atoms with E-state index < -0.39 is 71.7 Å². The highest BCUT2D eigenvalue weighted by Crippen LogP contribution is 2.21. The average molecular weight is 764 g/mol. The van der Waals surface area contributed by atoms with Crippen LogP contribution in [0.1, 0.15) is 63.5 Å². The number of nitrogens with zero attached hydrogens (tertiary/aromatic N) is 1. The quantitative estimate of drug-likeness (QED) is 0.121. The molecule has 6 unspecified atom stereocenters. The second-order valence-electron chi connectivity index (χ2n) is 14.3. The number of rotatable bonds is 19. The predicted molar refractivity (Wildman–Crippen MR) is 206 cm³/mol. The van der Waals surface area contributed by atoms with Crippen LogP contribution in [0.15, 0.2) is 60.7 Å². The third-order valence-electron chi connectivity index (χ3n) is 9.57. The summed E-state index contributed by atoms with van der Waals surface area (Å²) in [7, 11) is 0. The highest BCUT2D eigenvalue weighted by atomic mass is 32.2. The second kappa shape index (κ2) is 20.5. The first-order valence-corrected chi connectivity index (χ1v) is 19.9. The zero-order valence-corrected chi connectivity index (χ0v) is 32.0. The first kappa shape index (κ1) is 41.8. The summed E-state index contributed by atoms with van der Waals surface area (Å²) >= 11 is 1.51. The summed E-state index contributed by atoms with van der Waals surface area (Å²) in [5.74, 6) is -2.90. The highest BCUT2D eigenvalue weighted by molar-refractivity contribution is 7.98. The minimum atomic E-state index is -1.10. The van der Waals surface area contributed by atoms with E-state index in [9.17, 15) is 33.6 Å². The number of nitrogens with two attached hydrogens (primary N) is 1. The fraction of sp³-hybridized carbons (Fsp3) is 0.513. The Morgan fingerprint density at radius 2 is 1.37 bits per heavy atom. The Balaban J connectivity index is 1.54. The van der Waals surface area contributed by atoms with Crippen LogP contribution in [0.5, 0.6) is 0 Å². The van der Waals surface area contributed by atoms with Crippen molar-refractivity contribution in [3.05, 3.63) is 71.8 Å². The molecule has 0 saturated carbocycles. The number of benzene rings is 2. The molecule has 0 spiro atoms. The maximum absolute atomic E-state index is 14.4. The Kier molecular flexibility index (Phi) is 15.9. The number of primary amides is 1. The highest BCUT2D eigenvalue weighted by Gasteiger charge is 2.40. The summed E-state index contributed by atoms with van der Waals surface area (Å²) < 4.78 is 0. The molecule has 2 heterocycles. The van der Waals surface area contributed by atoms with Gasteiger partial charge in [-0.15, -0.1) is 0 Å². The number of carbonyl (C=O) groups is 7. The lowest BCUT2D eigenvalue weighted by Crippen LogP contribution is -2.60. The van der Waals surface area contributed by atoms with Gasteiger partial charge in [-0.25, -0.2) is 0 Å². The van der Waals surface area contributed by atoms with E-state index in [1.165, 1.54) is 16.7 Å². The molecule has 2 aromatic carbocycles. The number of hydrogen-bond donors (Lipinski definition) is 6. The van der Waals surface area contributed by atoms with Crippen molar-refractivity contribution in [3.8, 4) is 0 Å². The van der Waals surface area contributed by atoms with E-state index in [4.69, 9.17) is 5.73 Å². The van der Waals surface area contributed by atoms with Crippen molar-refractivity contribution in [1.29, 1.82) is 0 Å². The van der Waals surface area contributed by atoms with Crippen LogP contribution in [0.3, 0.4) is 0 Å². The average Bonchev–Trinajstić information content (AvgIpc) is 3.82. The zero-order valence-electron chi connectivity index (χ0n) is 31.2. The van der Waals surface area contributed by atoms with Gasteiger partial charge < -0.3 is 37.2 Å². The number of carbonyl (C=O) groups excluding carboxylic acids is 7. The molecule has 0 radical (unpaired) electrons. The minimum Gasteiger partial charge on any atom is -0.368 e. The van der Waals surface area contributed by atoms with Gasteiger partial charge in [0.25, 0.3) is 0 Å². The lowest BCUT2D eigenvalue weighted by molar-refractivity contribution is -0.142. The number of likely N-dealkylation sites (tertiary alicyclic amines) is 1. The van der Waals surface area contributed by atoms with Crippen LogP contribution in [-0.2, 0) is 46.4 Å². The topological polar surface area (TPSA) is 209 Å². The fourth-order valence-electron chi connectivity index (χ4n) is 6.73. The number of amides is 7. The third-order valence-corrected chi connectivity index (χ3v) is 10.2. The Morgan fingerprint density at radius 3 is 1.93 bits per heavy atom. The van der Waals surface area contributed by atoms with Crippen LogP contribution in [0.2, 0.25) is 0 Å². The fourth-order valence-corrected chi connectivity index (χ4v) is 7.20. The van der Waals surface area contributed by atoms with Crippen LogP contribution in [0.4, 0.5) is 0 Å². The first-order valence-electron chi connectivity index (χ1n) is 18.5. The molecule has 7 amide bonds. The molecule has 2 saturated heterocycles. The summed E-state index contributed by atoms with van der Waals surface area (Å²) in [6, 6.07) is 12.6. The monoisotopic (exact) mass is 763 g/mol. The maximum Gasteiger partial charge on any atom is 0.246 e. The summed E-state index contributed by atoms with van der Waals surface area (Å²) in [6.07, 6.45) is 4.15. The van der Waals surface area contributed by atoms with E-state index in [-0.39, 0.29) is 44.1 Å². The maximum atomic E-state index is 14.4. The van der Waals surface area contributed by atoms with Gasteiger partial charge >= 0.3 is 0 Å². The summed E-state index contributed by atoms with van der Waals surface area (Å²) in [6.45, 7) is 4.07. The van der Waals surface area contributed by atoms with Gasteiger partial charge in [0, 0.05) is 25.8 Å². The van der Waals surface area contributed by atoms with Crippen molar-refractivity contribution in [1.82, 2.24) is 31.5 Å². The van der Waals surface area contributed by atoms with Crippen molar-refractivity contribution in [2.75, 3.05) is 18.6 Å². The Bertz CT molecular complexity index is 1630. The Hall–Kier alpha value is -4.92. The molecule has 7 N–H and O–H groups in total. The molecule has 14 nitrogen and oxygen atoms in total. The first-order chi connectivity index (χ1) is 25.9. The second-order valence-corrected chi connectivity index (χ2v) is 15.3. The van der Waals surface area contributed by atoms with Crippen molar-refractivity contribution in [3.63, 3.8) is 0 Å². The number of thioether (sulfide) groups is 1. The predicted octanol–water partition coefficient (Wildman–Crippen LogP) is 0.965. The molecule has 0 aromatic heterocycles. The molecule has 54 heavy (non-hydrogen) atoms. The smallest absolute Gasteiger partial charge is 0.246 e. The summed E-state index contributed by atoms with van der Waals surface area (Å²) in [5, 5.41) is 13.8. The number of hydrogen-bond acceptors (Lipinski definition) is 8. The molecule has 4 rings (SSSR count). The molecule has 292 valence electrons. The molecule has 0 aliphatic carbocycles. The largest absolute Gasteiger partial charge is 0.368 e. The van der Waals surface area contributed by atoms with Crippen molar-refractivity contribution >= 4 is 53.1 Å². The number of nitrogens with one attached hydrogen (secondary N) is 5. The summed E-state index contributed by atoms with van der Waals surface area (Å²) in [4.78, 5) is 94.3. The molecule has 2 fully saturated rings. The van der Waals surface area contributed by atoms with Gasteiger partial charge in [-0.2, -0.15) is 11.8 Å². The van der Waals surface area contributed by atoms with E-state index in [2.05, 4.69) is 26.6 Å².